The highest BCUT2D eigenvalue weighted by molar-refractivity contribution is 9.09. The molecular weight excluding hydrogens is 180 g/mol. The summed E-state index contributed by atoms with van der Waals surface area (Å²) >= 11 is 3.48. The van der Waals surface area contributed by atoms with Crippen LogP contribution in [0, 0.1) is 0 Å². The first-order valence-corrected chi connectivity index (χ1v) is 4.17. The molecular formula is C7H11BrO. The van der Waals surface area contributed by atoms with E-state index in [0.717, 1.165) is 12.8 Å². The Balaban J connectivity index is 2.35. The molecule has 2 atom stereocenters. The normalized spacial score (nSPS) is 29.3. The van der Waals surface area contributed by atoms with Crippen molar-refractivity contribution in [3.05, 3.63) is 12.3 Å². The summed E-state index contributed by atoms with van der Waals surface area (Å²) in [5.41, 5.74) is 0. The first kappa shape index (κ1) is 7.13. The molecule has 1 aliphatic rings. The minimum atomic E-state index is 0.384. The summed E-state index contributed by atoms with van der Waals surface area (Å²) in [6, 6.07) is 0. The molecule has 0 bridgehead atoms. The van der Waals surface area contributed by atoms with Gasteiger partial charge in [0.05, 0.1) is 6.26 Å². The maximum Gasteiger partial charge on any atom is 0.110 e. The van der Waals surface area contributed by atoms with Gasteiger partial charge in [0.25, 0.3) is 0 Å². The van der Waals surface area contributed by atoms with Crippen molar-refractivity contribution in [3.63, 3.8) is 0 Å². The maximum atomic E-state index is 5.31. The highest BCUT2D eigenvalue weighted by Gasteiger charge is 2.15. The molecule has 0 fully saturated rings. The van der Waals surface area contributed by atoms with E-state index in [1.807, 2.05) is 0 Å². The average molecular weight is 191 g/mol. The van der Waals surface area contributed by atoms with Crippen molar-refractivity contribution in [2.45, 2.75) is 30.7 Å². The second-order valence-electron chi connectivity index (χ2n) is 2.30. The van der Waals surface area contributed by atoms with Gasteiger partial charge in [0.2, 0.25) is 0 Å². The third-order valence-electron chi connectivity index (χ3n) is 1.48. The Morgan fingerprint density at radius 2 is 2.56 bits per heavy atom. The molecule has 1 nitrogen and oxygen atoms in total. The molecule has 1 heterocycles. The quantitative estimate of drug-likeness (QED) is 0.578. The number of ether oxygens (including phenoxy) is 1. The molecule has 0 spiro atoms. The van der Waals surface area contributed by atoms with Crippen LogP contribution in [0.25, 0.3) is 0 Å². The number of halogens is 1. The van der Waals surface area contributed by atoms with Crippen LogP contribution in [-0.4, -0.2) is 10.9 Å². The molecule has 0 aromatic rings. The van der Waals surface area contributed by atoms with Crippen molar-refractivity contribution < 1.29 is 4.74 Å². The van der Waals surface area contributed by atoms with Gasteiger partial charge in [-0.15, -0.1) is 0 Å². The molecule has 0 saturated heterocycles. The Labute approximate surface area is 64.2 Å². The molecule has 0 aromatic carbocycles. The van der Waals surface area contributed by atoms with Crippen LogP contribution in [0.15, 0.2) is 12.3 Å². The van der Waals surface area contributed by atoms with Gasteiger partial charge in [0.15, 0.2) is 0 Å². The van der Waals surface area contributed by atoms with Crippen LogP contribution in [0.4, 0.5) is 0 Å². The molecule has 0 aliphatic carbocycles. The summed E-state index contributed by atoms with van der Waals surface area (Å²) in [5, 5.41) is 0. The van der Waals surface area contributed by atoms with Crippen LogP contribution < -0.4 is 0 Å². The Morgan fingerprint density at radius 1 is 1.78 bits per heavy atom. The van der Waals surface area contributed by atoms with Crippen LogP contribution in [0.2, 0.25) is 0 Å². The van der Waals surface area contributed by atoms with Gasteiger partial charge in [-0.25, -0.2) is 0 Å². The van der Waals surface area contributed by atoms with Crippen molar-refractivity contribution in [2.75, 3.05) is 0 Å². The van der Waals surface area contributed by atoms with Crippen molar-refractivity contribution in [3.8, 4) is 0 Å². The maximum absolute atomic E-state index is 5.31. The van der Waals surface area contributed by atoms with Gasteiger partial charge in [-0.05, 0) is 25.8 Å². The number of allylic oxidation sites excluding steroid dienone is 1. The lowest BCUT2D eigenvalue weighted by Gasteiger charge is -2.21. The summed E-state index contributed by atoms with van der Waals surface area (Å²) in [6.45, 7) is 2.11. The second-order valence-corrected chi connectivity index (χ2v) is 3.75. The van der Waals surface area contributed by atoms with Crippen LogP contribution in [0.3, 0.4) is 0 Å². The Morgan fingerprint density at radius 3 is 2.89 bits per heavy atom. The third-order valence-corrected chi connectivity index (χ3v) is 2.07. The molecule has 0 N–H and O–H groups in total. The van der Waals surface area contributed by atoms with Crippen LogP contribution >= 0.6 is 15.9 Å². The van der Waals surface area contributed by atoms with E-state index in [0.29, 0.717) is 10.9 Å². The molecule has 2 unspecified atom stereocenters. The zero-order valence-corrected chi connectivity index (χ0v) is 7.10. The van der Waals surface area contributed by atoms with E-state index < -0.39 is 0 Å². The minimum absolute atomic E-state index is 0.384. The molecule has 1 rings (SSSR count). The lowest BCUT2D eigenvalue weighted by atomic mass is 10.1. The van der Waals surface area contributed by atoms with Crippen LogP contribution in [-0.2, 0) is 4.74 Å². The fourth-order valence-electron chi connectivity index (χ4n) is 0.891. The lowest BCUT2D eigenvalue weighted by molar-refractivity contribution is 0.127. The first-order valence-electron chi connectivity index (χ1n) is 3.25. The summed E-state index contributed by atoms with van der Waals surface area (Å²) in [4.78, 5) is 0.474. The molecule has 0 radical (unpaired) electrons. The Bertz CT molecular complexity index is 109. The van der Waals surface area contributed by atoms with Gasteiger partial charge >= 0.3 is 0 Å². The standard InChI is InChI=1S/C7H11BrO/c1-6(8)7-4-2-3-5-9-7/h3,5-7H,2,4H2,1H3. The van der Waals surface area contributed by atoms with Crippen molar-refractivity contribution in [1.82, 2.24) is 0 Å². The summed E-state index contributed by atoms with van der Waals surface area (Å²) in [6.07, 6.45) is 6.54. The molecule has 0 aromatic heterocycles. The average Bonchev–Trinajstić information content (AvgIpc) is 1.90. The number of alkyl halides is 1. The molecule has 1 aliphatic heterocycles. The number of hydrogen-bond acceptors (Lipinski definition) is 1. The van der Waals surface area contributed by atoms with E-state index in [1.165, 1.54) is 0 Å². The van der Waals surface area contributed by atoms with Gasteiger partial charge in [0.1, 0.15) is 6.10 Å². The Kier molecular flexibility index (Phi) is 2.58. The highest BCUT2D eigenvalue weighted by Crippen LogP contribution is 2.18. The van der Waals surface area contributed by atoms with Crippen LogP contribution in [0.1, 0.15) is 19.8 Å². The van der Waals surface area contributed by atoms with Gasteiger partial charge in [-0.2, -0.15) is 0 Å². The second kappa shape index (κ2) is 3.25. The van der Waals surface area contributed by atoms with Gasteiger partial charge in [-0.1, -0.05) is 15.9 Å². The Hall–Kier alpha value is 0.0200. The first-order chi connectivity index (χ1) is 4.30. The SMILES string of the molecule is CC(Br)C1CCC=CO1. The van der Waals surface area contributed by atoms with Gasteiger partial charge < -0.3 is 4.74 Å². The molecule has 0 amide bonds. The zero-order valence-electron chi connectivity index (χ0n) is 5.51. The monoisotopic (exact) mass is 190 g/mol. The van der Waals surface area contributed by atoms with E-state index in [4.69, 9.17) is 4.74 Å². The molecule has 9 heavy (non-hydrogen) atoms. The molecule has 0 saturated carbocycles. The summed E-state index contributed by atoms with van der Waals surface area (Å²) < 4.78 is 5.31. The fraction of sp³-hybridized carbons (Fsp3) is 0.714. The van der Waals surface area contributed by atoms with Crippen molar-refractivity contribution in [1.29, 1.82) is 0 Å². The van der Waals surface area contributed by atoms with Crippen LogP contribution in [0.5, 0.6) is 0 Å². The van der Waals surface area contributed by atoms with E-state index in [9.17, 15) is 0 Å². The summed E-state index contributed by atoms with van der Waals surface area (Å²) in [5.74, 6) is 0. The number of hydrogen-bond donors (Lipinski definition) is 0. The smallest absolute Gasteiger partial charge is 0.110 e. The van der Waals surface area contributed by atoms with Crippen molar-refractivity contribution >= 4 is 15.9 Å². The third kappa shape index (κ3) is 2.01. The lowest BCUT2D eigenvalue weighted by Crippen LogP contribution is -2.21. The molecule has 52 valence electrons. The van der Waals surface area contributed by atoms with Crippen molar-refractivity contribution in [2.24, 2.45) is 0 Å². The van der Waals surface area contributed by atoms with E-state index in [2.05, 4.69) is 28.9 Å². The van der Waals surface area contributed by atoms with E-state index in [-0.39, 0.29) is 0 Å². The van der Waals surface area contributed by atoms with E-state index in [1.54, 1.807) is 6.26 Å². The summed E-state index contributed by atoms with van der Waals surface area (Å²) in [7, 11) is 0. The topological polar surface area (TPSA) is 9.23 Å². The molecule has 2 heteroatoms. The predicted octanol–water partition coefficient (Wildman–Crippen LogP) is 2.46. The van der Waals surface area contributed by atoms with Gasteiger partial charge in [-0.3, -0.25) is 0 Å². The largest absolute Gasteiger partial charge is 0.497 e. The number of rotatable bonds is 1. The fourth-order valence-corrected chi connectivity index (χ4v) is 1.28. The van der Waals surface area contributed by atoms with E-state index >= 15 is 0 Å². The predicted molar refractivity (Wildman–Crippen MR) is 41.6 cm³/mol. The highest BCUT2D eigenvalue weighted by atomic mass is 79.9. The van der Waals surface area contributed by atoms with Gasteiger partial charge in [0, 0.05) is 4.83 Å². The zero-order chi connectivity index (χ0) is 6.69. The minimum Gasteiger partial charge on any atom is -0.497 e.